The molecule has 5 nitrogen and oxygen atoms in total. The smallest absolute Gasteiger partial charge is 0.431 e. The number of hydrogen-bond acceptors (Lipinski definition) is 3. The molecule has 0 spiro atoms. The van der Waals surface area contributed by atoms with Gasteiger partial charge in [0, 0.05) is 5.56 Å². The van der Waals surface area contributed by atoms with Crippen molar-refractivity contribution in [2.75, 3.05) is 0 Å². The topological polar surface area (TPSA) is 71.2 Å². The predicted octanol–water partition coefficient (Wildman–Crippen LogP) is 3.73. The molecule has 27 heavy (non-hydrogen) atoms. The number of pyridine rings is 1. The van der Waals surface area contributed by atoms with E-state index in [0.29, 0.717) is 18.2 Å². The summed E-state index contributed by atoms with van der Waals surface area (Å²) >= 11 is 0. The van der Waals surface area contributed by atoms with Crippen LogP contribution in [0.25, 0.3) is 0 Å². The van der Waals surface area contributed by atoms with Crippen molar-refractivity contribution in [2.24, 2.45) is 0 Å². The lowest BCUT2D eigenvalue weighted by molar-refractivity contribution is -0.141. The van der Waals surface area contributed by atoms with Crippen molar-refractivity contribution in [3.05, 3.63) is 63.1 Å². The van der Waals surface area contributed by atoms with Gasteiger partial charge in [0.1, 0.15) is 23.1 Å². The second-order valence-corrected chi connectivity index (χ2v) is 6.55. The first-order chi connectivity index (χ1) is 12.7. The van der Waals surface area contributed by atoms with E-state index in [0.717, 1.165) is 23.6 Å². The highest BCUT2D eigenvalue weighted by Gasteiger charge is 2.36. The van der Waals surface area contributed by atoms with Gasteiger partial charge < -0.3 is 15.0 Å². The van der Waals surface area contributed by atoms with E-state index >= 15 is 0 Å². The van der Waals surface area contributed by atoms with Crippen molar-refractivity contribution >= 4 is 5.91 Å². The summed E-state index contributed by atoms with van der Waals surface area (Å²) in [6.45, 7) is 3.89. The van der Waals surface area contributed by atoms with Crippen LogP contribution in [0, 0.1) is 6.92 Å². The number of benzene rings is 1. The number of halogens is 3. The minimum atomic E-state index is -4.68. The Morgan fingerprint density at radius 3 is 2.63 bits per heavy atom. The molecule has 0 bridgehead atoms. The average Bonchev–Trinajstić information content (AvgIpc) is 2.91. The highest BCUT2D eigenvalue weighted by molar-refractivity contribution is 5.94. The first-order valence-electron chi connectivity index (χ1n) is 8.59. The van der Waals surface area contributed by atoms with Crippen LogP contribution in [0.4, 0.5) is 13.2 Å². The van der Waals surface area contributed by atoms with Gasteiger partial charge in [-0.25, -0.2) is 0 Å². The van der Waals surface area contributed by atoms with Crippen molar-refractivity contribution in [3.8, 4) is 5.75 Å². The lowest BCUT2D eigenvalue weighted by Crippen LogP contribution is -2.38. The van der Waals surface area contributed by atoms with Crippen LogP contribution in [0.3, 0.4) is 0 Å². The number of aryl methyl sites for hydroxylation is 1. The summed E-state index contributed by atoms with van der Waals surface area (Å²) in [5, 5.41) is 2.75. The quantitative estimate of drug-likeness (QED) is 0.849. The van der Waals surface area contributed by atoms with E-state index in [9.17, 15) is 22.8 Å². The van der Waals surface area contributed by atoms with Gasteiger partial charge in [-0.15, -0.1) is 0 Å². The Hall–Kier alpha value is -2.77. The SMILES string of the molecule is CCC[C@@H]1Oc2ccc(C)cc2C1NC(=O)c1ccc(C(F)(F)F)[nH]c1=O. The fourth-order valence-electron chi connectivity index (χ4n) is 3.17. The highest BCUT2D eigenvalue weighted by atomic mass is 19.4. The Morgan fingerprint density at radius 2 is 2.00 bits per heavy atom. The summed E-state index contributed by atoms with van der Waals surface area (Å²) < 4.78 is 43.9. The minimum absolute atomic E-state index is 0.302. The number of amides is 1. The third kappa shape index (κ3) is 3.84. The van der Waals surface area contributed by atoms with Crippen molar-refractivity contribution in [2.45, 2.75) is 45.0 Å². The molecule has 0 aliphatic carbocycles. The van der Waals surface area contributed by atoms with Gasteiger partial charge in [0.2, 0.25) is 0 Å². The molecule has 1 aliphatic heterocycles. The van der Waals surface area contributed by atoms with Crippen molar-refractivity contribution in [1.82, 2.24) is 10.3 Å². The Kier molecular flexibility index (Phi) is 4.99. The van der Waals surface area contributed by atoms with Gasteiger partial charge in [0.15, 0.2) is 0 Å². The van der Waals surface area contributed by atoms with Gasteiger partial charge in [0.05, 0.1) is 6.04 Å². The first-order valence-corrected chi connectivity index (χ1v) is 8.59. The van der Waals surface area contributed by atoms with Crippen LogP contribution in [0.2, 0.25) is 0 Å². The standard InChI is InChI=1S/C19H19F3N2O3/c1-3-4-14-16(12-9-10(2)5-7-13(12)27-14)24-18(26)11-6-8-15(19(20,21)22)23-17(11)25/h5-9,14,16H,3-4H2,1-2H3,(H,23,25)(H,24,26)/t14-,16?/m0/s1. The zero-order valence-corrected chi connectivity index (χ0v) is 14.8. The van der Waals surface area contributed by atoms with Crippen LogP contribution in [0.1, 0.15) is 53.0 Å². The minimum Gasteiger partial charge on any atom is -0.488 e. The summed E-state index contributed by atoms with van der Waals surface area (Å²) in [6, 6.07) is 6.71. The molecular formula is C19H19F3N2O3. The summed E-state index contributed by atoms with van der Waals surface area (Å²) in [6.07, 6.45) is -3.48. The van der Waals surface area contributed by atoms with Crippen molar-refractivity contribution in [1.29, 1.82) is 0 Å². The Bertz CT molecular complexity index is 921. The largest absolute Gasteiger partial charge is 0.488 e. The molecule has 0 saturated carbocycles. The molecule has 1 aliphatic rings. The number of ether oxygens (including phenoxy) is 1. The highest BCUT2D eigenvalue weighted by Crippen LogP contribution is 2.39. The summed E-state index contributed by atoms with van der Waals surface area (Å²) in [7, 11) is 0. The number of H-pyrrole nitrogens is 1. The third-order valence-electron chi connectivity index (χ3n) is 4.47. The lowest BCUT2D eigenvalue weighted by atomic mass is 9.98. The third-order valence-corrected chi connectivity index (χ3v) is 4.47. The van der Waals surface area contributed by atoms with E-state index in [-0.39, 0.29) is 11.7 Å². The van der Waals surface area contributed by atoms with E-state index in [2.05, 4.69) is 5.32 Å². The van der Waals surface area contributed by atoms with Gasteiger partial charge in [0.25, 0.3) is 11.5 Å². The van der Waals surface area contributed by atoms with Gasteiger partial charge in [-0.2, -0.15) is 13.2 Å². The maximum absolute atomic E-state index is 12.7. The van der Waals surface area contributed by atoms with E-state index < -0.39 is 29.4 Å². The molecule has 2 aromatic rings. The zero-order valence-electron chi connectivity index (χ0n) is 14.8. The lowest BCUT2D eigenvalue weighted by Gasteiger charge is -2.20. The molecular weight excluding hydrogens is 361 g/mol. The van der Waals surface area contributed by atoms with Crippen LogP contribution in [-0.2, 0) is 6.18 Å². The number of nitrogens with one attached hydrogen (secondary N) is 2. The zero-order chi connectivity index (χ0) is 19.8. The monoisotopic (exact) mass is 380 g/mol. The fraction of sp³-hybridized carbons (Fsp3) is 0.368. The molecule has 2 atom stereocenters. The van der Waals surface area contributed by atoms with Crippen LogP contribution in [0.5, 0.6) is 5.75 Å². The number of carbonyl (C=O) groups excluding carboxylic acids is 1. The number of hydrogen-bond donors (Lipinski definition) is 2. The Balaban J connectivity index is 1.88. The van der Waals surface area contributed by atoms with E-state index in [1.54, 1.807) is 4.98 Å². The number of aromatic nitrogens is 1. The molecule has 1 aromatic heterocycles. The number of carbonyl (C=O) groups is 1. The molecule has 8 heteroatoms. The van der Waals surface area contributed by atoms with Gasteiger partial charge in [-0.3, -0.25) is 9.59 Å². The van der Waals surface area contributed by atoms with E-state index in [1.807, 2.05) is 32.0 Å². The molecule has 0 fully saturated rings. The van der Waals surface area contributed by atoms with Crippen LogP contribution in [0.15, 0.2) is 35.1 Å². The van der Waals surface area contributed by atoms with Gasteiger partial charge in [-0.1, -0.05) is 31.0 Å². The second kappa shape index (κ2) is 7.09. The number of alkyl halides is 3. The molecule has 144 valence electrons. The summed E-state index contributed by atoms with van der Waals surface area (Å²) in [5.41, 5.74) is -0.874. The summed E-state index contributed by atoms with van der Waals surface area (Å²) in [5.74, 6) is -0.0836. The molecule has 0 radical (unpaired) electrons. The van der Waals surface area contributed by atoms with E-state index in [1.165, 1.54) is 0 Å². The molecule has 1 amide bonds. The molecule has 1 aromatic carbocycles. The molecule has 2 heterocycles. The Morgan fingerprint density at radius 1 is 1.26 bits per heavy atom. The Labute approximate surface area is 153 Å². The normalized spacial score (nSPS) is 18.7. The maximum Gasteiger partial charge on any atom is 0.431 e. The van der Waals surface area contributed by atoms with Crippen LogP contribution < -0.4 is 15.6 Å². The fourth-order valence-corrected chi connectivity index (χ4v) is 3.17. The van der Waals surface area contributed by atoms with Crippen LogP contribution in [-0.4, -0.2) is 17.0 Å². The van der Waals surface area contributed by atoms with Crippen molar-refractivity contribution < 1.29 is 22.7 Å². The number of aromatic amines is 1. The predicted molar refractivity (Wildman–Crippen MR) is 92.8 cm³/mol. The summed E-state index contributed by atoms with van der Waals surface area (Å²) in [4.78, 5) is 26.2. The van der Waals surface area contributed by atoms with Crippen molar-refractivity contribution in [3.63, 3.8) is 0 Å². The molecule has 1 unspecified atom stereocenters. The van der Waals surface area contributed by atoms with Gasteiger partial charge >= 0.3 is 6.18 Å². The van der Waals surface area contributed by atoms with Crippen LogP contribution >= 0.6 is 0 Å². The van der Waals surface area contributed by atoms with Gasteiger partial charge in [-0.05, 0) is 31.5 Å². The molecule has 2 N–H and O–H groups in total. The maximum atomic E-state index is 12.7. The molecule has 3 rings (SSSR count). The second-order valence-electron chi connectivity index (χ2n) is 6.55. The average molecular weight is 380 g/mol. The number of fused-ring (bicyclic) bond motifs is 1. The molecule has 0 saturated heterocycles. The number of rotatable bonds is 4. The van der Waals surface area contributed by atoms with E-state index in [4.69, 9.17) is 4.74 Å². The first kappa shape index (κ1) is 19.0.